The van der Waals surface area contributed by atoms with Crippen LogP contribution in [-0.4, -0.2) is 19.9 Å². The maximum absolute atomic E-state index is 14.3. The van der Waals surface area contributed by atoms with Gasteiger partial charge in [0.25, 0.3) is 0 Å². The highest BCUT2D eigenvalue weighted by Crippen LogP contribution is 2.34. The van der Waals surface area contributed by atoms with Gasteiger partial charge in [0, 0.05) is 13.0 Å². The molecule has 1 amide bonds. The van der Waals surface area contributed by atoms with E-state index in [1.807, 2.05) is 13.0 Å². The minimum atomic E-state index is -4.30. The van der Waals surface area contributed by atoms with Crippen molar-refractivity contribution < 1.29 is 17.6 Å². The SMILES string of the molecule is CC(=O)Nc1cc(F)c(S(=O)(=O)N[C@@]2(C#N)CCC[C@H](C)C2)cc1Cl. The standard InChI is InChI=1S/C16H19ClFN3O3S/c1-10-4-3-5-16(8-10,9-19)21-25(23,24)15-6-12(17)14(7-13(15)18)20-11(2)22/h6-7,10,21H,3-5,8H2,1-2H3,(H,20,22)/t10-,16-/m0/s1. The Labute approximate surface area is 151 Å². The molecular weight excluding hydrogens is 369 g/mol. The number of nitrogens with one attached hydrogen (secondary N) is 2. The van der Waals surface area contributed by atoms with E-state index in [0.717, 1.165) is 18.6 Å². The second kappa shape index (κ2) is 7.28. The summed E-state index contributed by atoms with van der Waals surface area (Å²) in [7, 11) is -4.30. The molecule has 1 aromatic carbocycles. The molecule has 1 aliphatic carbocycles. The monoisotopic (exact) mass is 387 g/mol. The number of benzene rings is 1. The minimum absolute atomic E-state index is 0.0214. The number of rotatable bonds is 4. The number of hydrogen-bond acceptors (Lipinski definition) is 4. The van der Waals surface area contributed by atoms with Crippen LogP contribution < -0.4 is 10.0 Å². The van der Waals surface area contributed by atoms with E-state index < -0.39 is 32.2 Å². The smallest absolute Gasteiger partial charge is 0.244 e. The normalized spacial score (nSPS) is 23.7. The Morgan fingerprint density at radius 3 is 2.72 bits per heavy atom. The topological polar surface area (TPSA) is 99.1 Å². The van der Waals surface area contributed by atoms with E-state index in [0.29, 0.717) is 19.3 Å². The lowest BCUT2D eigenvalue weighted by atomic mass is 9.78. The van der Waals surface area contributed by atoms with Gasteiger partial charge in [0.05, 0.1) is 16.8 Å². The molecule has 6 nitrogen and oxygen atoms in total. The number of nitrogens with zero attached hydrogens (tertiary/aromatic N) is 1. The zero-order valence-electron chi connectivity index (χ0n) is 13.9. The summed E-state index contributed by atoms with van der Waals surface area (Å²) < 4.78 is 41.9. The molecule has 9 heteroatoms. The minimum Gasteiger partial charge on any atom is -0.325 e. The summed E-state index contributed by atoms with van der Waals surface area (Å²) in [6.45, 7) is 3.17. The van der Waals surface area contributed by atoms with Crippen molar-refractivity contribution in [2.24, 2.45) is 5.92 Å². The second-order valence-electron chi connectivity index (χ2n) is 6.44. The highest BCUT2D eigenvalue weighted by molar-refractivity contribution is 7.89. The zero-order chi connectivity index (χ0) is 18.8. The molecular formula is C16H19ClFN3O3S. The van der Waals surface area contributed by atoms with E-state index in [-0.39, 0.29) is 16.6 Å². The molecule has 0 unspecified atom stereocenters. The number of halogens is 2. The van der Waals surface area contributed by atoms with Crippen LogP contribution in [0.3, 0.4) is 0 Å². The number of carbonyl (C=O) groups is 1. The molecule has 2 N–H and O–H groups in total. The number of anilines is 1. The van der Waals surface area contributed by atoms with Crippen LogP contribution in [0.15, 0.2) is 17.0 Å². The largest absolute Gasteiger partial charge is 0.325 e. The maximum Gasteiger partial charge on any atom is 0.244 e. The Morgan fingerprint density at radius 1 is 1.48 bits per heavy atom. The summed E-state index contributed by atoms with van der Waals surface area (Å²) in [6, 6.07) is 3.82. The molecule has 136 valence electrons. The van der Waals surface area contributed by atoms with Crippen molar-refractivity contribution >= 4 is 33.2 Å². The number of hydrogen-bond donors (Lipinski definition) is 2. The lowest BCUT2D eigenvalue weighted by molar-refractivity contribution is -0.114. The fourth-order valence-corrected chi connectivity index (χ4v) is 4.82. The Bertz CT molecular complexity index is 838. The summed E-state index contributed by atoms with van der Waals surface area (Å²) in [5.41, 5.74) is -1.28. The van der Waals surface area contributed by atoms with Crippen molar-refractivity contribution in [2.75, 3.05) is 5.32 Å². The molecule has 0 spiro atoms. The third-order valence-electron chi connectivity index (χ3n) is 4.16. The van der Waals surface area contributed by atoms with E-state index in [1.54, 1.807) is 0 Å². The van der Waals surface area contributed by atoms with Crippen molar-refractivity contribution in [1.29, 1.82) is 5.26 Å². The molecule has 1 saturated carbocycles. The zero-order valence-corrected chi connectivity index (χ0v) is 15.5. The van der Waals surface area contributed by atoms with E-state index in [9.17, 15) is 22.9 Å². The molecule has 0 bridgehead atoms. The van der Waals surface area contributed by atoms with Gasteiger partial charge in [-0.3, -0.25) is 4.79 Å². The van der Waals surface area contributed by atoms with Crippen LogP contribution in [0.2, 0.25) is 5.02 Å². The van der Waals surface area contributed by atoms with Crippen molar-refractivity contribution in [3.63, 3.8) is 0 Å². The first-order valence-corrected chi connectivity index (χ1v) is 9.66. The van der Waals surface area contributed by atoms with E-state index >= 15 is 0 Å². The van der Waals surface area contributed by atoms with Crippen LogP contribution in [0.1, 0.15) is 39.5 Å². The van der Waals surface area contributed by atoms with Crippen LogP contribution in [0.4, 0.5) is 10.1 Å². The summed E-state index contributed by atoms with van der Waals surface area (Å²) in [5.74, 6) is -1.33. The van der Waals surface area contributed by atoms with Crippen LogP contribution in [0.25, 0.3) is 0 Å². The Hall–Kier alpha value is -1.69. The first-order valence-electron chi connectivity index (χ1n) is 7.80. The highest BCUT2D eigenvalue weighted by atomic mass is 35.5. The van der Waals surface area contributed by atoms with Gasteiger partial charge in [0.2, 0.25) is 15.9 Å². The van der Waals surface area contributed by atoms with Gasteiger partial charge in [-0.25, -0.2) is 12.8 Å². The summed E-state index contributed by atoms with van der Waals surface area (Å²) >= 11 is 5.95. The molecule has 25 heavy (non-hydrogen) atoms. The van der Waals surface area contributed by atoms with Gasteiger partial charge in [-0.05, 0) is 24.8 Å². The lowest BCUT2D eigenvalue weighted by Crippen LogP contribution is -2.50. The van der Waals surface area contributed by atoms with Crippen molar-refractivity contribution in [1.82, 2.24) is 4.72 Å². The van der Waals surface area contributed by atoms with Gasteiger partial charge in [-0.2, -0.15) is 9.98 Å². The summed E-state index contributed by atoms with van der Waals surface area (Å²) in [4.78, 5) is 10.4. The van der Waals surface area contributed by atoms with E-state index in [1.165, 1.54) is 6.92 Å². The summed E-state index contributed by atoms with van der Waals surface area (Å²) in [5, 5.41) is 11.7. The highest BCUT2D eigenvalue weighted by Gasteiger charge is 2.40. The fraction of sp³-hybridized carbons (Fsp3) is 0.500. The molecule has 0 saturated heterocycles. The van der Waals surface area contributed by atoms with Gasteiger partial charge < -0.3 is 5.32 Å². The maximum atomic E-state index is 14.3. The molecule has 0 aromatic heterocycles. The number of sulfonamides is 1. The number of nitriles is 1. The van der Waals surface area contributed by atoms with E-state index in [2.05, 4.69) is 10.0 Å². The van der Waals surface area contributed by atoms with Crippen molar-refractivity contribution in [3.8, 4) is 6.07 Å². The number of amides is 1. The van der Waals surface area contributed by atoms with Crippen molar-refractivity contribution in [2.45, 2.75) is 50.0 Å². The Kier molecular flexibility index (Phi) is 5.72. The van der Waals surface area contributed by atoms with Gasteiger partial charge >= 0.3 is 0 Å². The number of carbonyl (C=O) groups excluding carboxylic acids is 1. The molecule has 0 heterocycles. The first-order chi connectivity index (χ1) is 11.6. The van der Waals surface area contributed by atoms with Gasteiger partial charge in [0.15, 0.2) is 0 Å². The molecule has 0 radical (unpaired) electrons. The van der Waals surface area contributed by atoms with Gasteiger partial charge in [0.1, 0.15) is 16.3 Å². The van der Waals surface area contributed by atoms with Crippen LogP contribution >= 0.6 is 11.6 Å². The van der Waals surface area contributed by atoms with Crippen LogP contribution in [0, 0.1) is 23.1 Å². The molecule has 1 aromatic rings. The first kappa shape index (κ1) is 19.6. The molecule has 1 fully saturated rings. The predicted octanol–water partition coefficient (Wildman–Crippen LogP) is 3.19. The average Bonchev–Trinajstić information content (AvgIpc) is 2.49. The van der Waals surface area contributed by atoms with E-state index in [4.69, 9.17) is 11.6 Å². The predicted molar refractivity (Wildman–Crippen MR) is 92.0 cm³/mol. The second-order valence-corrected chi connectivity index (χ2v) is 8.50. The fourth-order valence-electron chi connectivity index (χ4n) is 3.10. The average molecular weight is 388 g/mol. The Balaban J connectivity index is 2.38. The lowest BCUT2D eigenvalue weighted by Gasteiger charge is -2.34. The van der Waals surface area contributed by atoms with Gasteiger partial charge in [-0.1, -0.05) is 31.4 Å². The third-order valence-corrected chi connectivity index (χ3v) is 6.03. The quantitative estimate of drug-likeness (QED) is 0.828. The Morgan fingerprint density at radius 2 is 2.16 bits per heavy atom. The molecule has 2 rings (SSSR count). The summed E-state index contributed by atoms with van der Waals surface area (Å²) in [6.07, 6.45) is 2.35. The molecule has 2 atom stereocenters. The third kappa shape index (κ3) is 4.48. The van der Waals surface area contributed by atoms with Gasteiger partial charge in [-0.15, -0.1) is 0 Å². The molecule has 1 aliphatic rings. The van der Waals surface area contributed by atoms with Crippen LogP contribution in [-0.2, 0) is 14.8 Å². The van der Waals surface area contributed by atoms with Crippen molar-refractivity contribution in [3.05, 3.63) is 23.0 Å². The molecule has 0 aliphatic heterocycles. The van der Waals surface area contributed by atoms with Crippen LogP contribution in [0.5, 0.6) is 0 Å².